The molecule has 0 aliphatic carbocycles. The van der Waals surface area contributed by atoms with Crippen molar-refractivity contribution in [1.82, 2.24) is 14.6 Å². The van der Waals surface area contributed by atoms with Gasteiger partial charge in [0.05, 0.1) is 11.6 Å². The molecule has 1 amide bonds. The van der Waals surface area contributed by atoms with E-state index in [1.807, 2.05) is 0 Å². The predicted octanol–water partition coefficient (Wildman–Crippen LogP) is 0.102. The number of amides is 1. The van der Waals surface area contributed by atoms with E-state index < -0.39 is 10.0 Å². The number of halogens is 1. The van der Waals surface area contributed by atoms with Crippen LogP contribution in [0.1, 0.15) is 0 Å². The molecule has 0 atom stereocenters. The molecule has 0 spiro atoms. The topological polar surface area (TPSA) is 79.4 Å². The number of aromatic nitrogens is 1. The van der Waals surface area contributed by atoms with E-state index in [2.05, 4.69) is 9.71 Å². The number of nitrogens with one attached hydrogen (secondary N) is 1. The van der Waals surface area contributed by atoms with E-state index in [1.54, 1.807) is 0 Å². The lowest BCUT2D eigenvalue weighted by Crippen LogP contribution is -2.36. The second-order valence-corrected chi connectivity index (χ2v) is 5.56. The predicted molar refractivity (Wildman–Crippen MR) is 63.1 cm³/mol. The maximum absolute atomic E-state index is 11.8. The fourth-order valence-electron chi connectivity index (χ4n) is 0.953. The van der Waals surface area contributed by atoms with Gasteiger partial charge in [0.15, 0.2) is 0 Å². The van der Waals surface area contributed by atoms with Crippen LogP contribution >= 0.6 is 11.6 Å². The normalized spacial score (nSPS) is 11.2. The van der Waals surface area contributed by atoms with Gasteiger partial charge in [-0.2, -0.15) is 0 Å². The number of hydrogen-bond acceptors (Lipinski definition) is 4. The van der Waals surface area contributed by atoms with Gasteiger partial charge in [0.1, 0.15) is 4.90 Å². The van der Waals surface area contributed by atoms with Crippen molar-refractivity contribution >= 4 is 27.5 Å². The molecule has 8 heteroatoms. The van der Waals surface area contributed by atoms with E-state index in [0.29, 0.717) is 0 Å². The smallest absolute Gasteiger partial charge is 0.244 e. The molecule has 6 nitrogen and oxygen atoms in total. The van der Waals surface area contributed by atoms with Crippen molar-refractivity contribution < 1.29 is 13.2 Å². The number of pyridine rings is 1. The zero-order valence-corrected chi connectivity index (χ0v) is 10.9. The molecule has 1 N–H and O–H groups in total. The lowest BCUT2D eigenvalue weighted by Gasteiger charge is -2.11. The van der Waals surface area contributed by atoms with E-state index in [1.165, 1.54) is 31.3 Å². The van der Waals surface area contributed by atoms with Gasteiger partial charge in [-0.1, -0.05) is 11.6 Å². The fourth-order valence-corrected chi connectivity index (χ4v) is 2.36. The van der Waals surface area contributed by atoms with Gasteiger partial charge in [-0.15, -0.1) is 0 Å². The van der Waals surface area contributed by atoms with Crippen molar-refractivity contribution in [3.05, 3.63) is 23.5 Å². The second-order valence-electron chi connectivity index (χ2n) is 3.42. The number of sulfonamides is 1. The number of carbonyl (C=O) groups excluding carboxylic acids is 1. The highest BCUT2D eigenvalue weighted by Crippen LogP contribution is 2.18. The SMILES string of the molecule is CN(C)C(=O)CNS(=O)(=O)c1cnccc1Cl. The highest BCUT2D eigenvalue weighted by Gasteiger charge is 2.19. The number of hydrogen-bond donors (Lipinski definition) is 1. The molecule has 94 valence electrons. The van der Waals surface area contributed by atoms with Gasteiger partial charge in [-0.05, 0) is 6.07 Å². The highest BCUT2D eigenvalue weighted by molar-refractivity contribution is 7.89. The molecular weight excluding hydrogens is 266 g/mol. The third-order valence-electron chi connectivity index (χ3n) is 1.94. The highest BCUT2D eigenvalue weighted by atomic mass is 35.5. The minimum Gasteiger partial charge on any atom is -0.348 e. The minimum atomic E-state index is -3.81. The van der Waals surface area contributed by atoms with Crippen LogP contribution in [-0.2, 0) is 14.8 Å². The number of rotatable bonds is 4. The van der Waals surface area contributed by atoms with Crippen molar-refractivity contribution in [3.8, 4) is 0 Å². The lowest BCUT2D eigenvalue weighted by atomic mass is 10.5. The van der Waals surface area contributed by atoms with E-state index in [9.17, 15) is 13.2 Å². The van der Waals surface area contributed by atoms with Crippen LogP contribution in [0.4, 0.5) is 0 Å². The number of likely N-dealkylation sites (N-methyl/N-ethyl adjacent to an activating group) is 1. The van der Waals surface area contributed by atoms with Crippen molar-refractivity contribution in [2.75, 3.05) is 20.6 Å². The first kappa shape index (κ1) is 13.9. The third-order valence-corrected chi connectivity index (χ3v) is 3.81. The molecule has 0 unspecified atom stereocenters. The molecule has 1 aromatic rings. The molecule has 1 heterocycles. The molecule has 1 rings (SSSR count). The molecule has 0 radical (unpaired) electrons. The lowest BCUT2D eigenvalue weighted by molar-refractivity contribution is -0.127. The molecule has 0 aromatic carbocycles. The monoisotopic (exact) mass is 277 g/mol. The summed E-state index contributed by atoms with van der Waals surface area (Å²) in [6, 6.07) is 1.36. The van der Waals surface area contributed by atoms with Crippen LogP contribution in [0.2, 0.25) is 5.02 Å². The molecule has 0 saturated heterocycles. The van der Waals surface area contributed by atoms with Crippen molar-refractivity contribution in [2.45, 2.75) is 4.90 Å². The Balaban J connectivity index is 2.84. The summed E-state index contributed by atoms with van der Waals surface area (Å²) in [5, 5.41) is 0.0600. The van der Waals surface area contributed by atoms with Gasteiger partial charge in [0.2, 0.25) is 15.9 Å². The molecule has 0 aliphatic rings. The summed E-state index contributed by atoms with van der Waals surface area (Å²) < 4.78 is 25.7. The Morgan fingerprint density at radius 3 is 2.71 bits per heavy atom. The van der Waals surface area contributed by atoms with Gasteiger partial charge >= 0.3 is 0 Å². The van der Waals surface area contributed by atoms with Crippen molar-refractivity contribution in [2.24, 2.45) is 0 Å². The Labute approximate surface area is 105 Å². The zero-order valence-electron chi connectivity index (χ0n) is 9.34. The second kappa shape index (κ2) is 5.44. The molecule has 0 bridgehead atoms. The van der Waals surface area contributed by atoms with Crippen LogP contribution in [0, 0.1) is 0 Å². The van der Waals surface area contributed by atoms with Crippen LogP contribution in [-0.4, -0.2) is 44.8 Å². The summed E-state index contributed by atoms with van der Waals surface area (Å²) in [5.74, 6) is -0.353. The molecule has 0 saturated carbocycles. The quantitative estimate of drug-likeness (QED) is 0.847. The first-order valence-electron chi connectivity index (χ1n) is 4.64. The first-order valence-corrected chi connectivity index (χ1v) is 6.50. The number of carbonyl (C=O) groups is 1. The van der Waals surface area contributed by atoms with Crippen LogP contribution in [0.25, 0.3) is 0 Å². The van der Waals surface area contributed by atoms with Crippen molar-refractivity contribution in [1.29, 1.82) is 0 Å². The Morgan fingerprint density at radius 1 is 1.53 bits per heavy atom. The first-order chi connectivity index (χ1) is 7.84. The molecule has 1 aromatic heterocycles. The number of nitrogens with zero attached hydrogens (tertiary/aromatic N) is 2. The summed E-state index contributed by atoms with van der Waals surface area (Å²) in [4.78, 5) is 16.1. The summed E-state index contributed by atoms with van der Waals surface area (Å²) in [5.41, 5.74) is 0. The maximum atomic E-state index is 11.8. The molecule has 0 aliphatic heterocycles. The summed E-state index contributed by atoms with van der Waals surface area (Å²) in [6.07, 6.45) is 2.51. The van der Waals surface area contributed by atoms with Crippen LogP contribution in [0.15, 0.2) is 23.4 Å². The summed E-state index contributed by atoms with van der Waals surface area (Å²) in [6.45, 7) is -0.319. The largest absolute Gasteiger partial charge is 0.348 e. The average Bonchev–Trinajstić information content (AvgIpc) is 2.26. The van der Waals surface area contributed by atoms with E-state index in [4.69, 9.17) is 11.6 Å². The standard InChI is InChI=1S/C9H12ClN3O3S/c1-13(2)9(14)6-12-17(15,16)8-5-11-4-3-7(8)10/h3-5,12H,6H2,1-2H3. The van der Waals surface area contributed by atoms with Gasteiger partial charge in [0, 0.05) is 26.5 Å². The van der Waals surface area contributed by atoms with Gasteiger partial charge < -0.3 is 4.90 Å². The maximum Gasteiger partial charge on any atom is 0.244 e. The van der Waals surface area contributed by atoms with Crippen LogP contribution in [0.5, 0.6) is 0 Å². The Hall–Kier alpha value is -1.18. The van der Waals surface area contributed by atoms with Gasteiger partial charge in [-0.3, -0.25) is 9.78 Å². The minimum absolute atomic E-state index is 0.0600. The fraction of sp³-hybridized carbons (Fsp3) is 0.333. The summed E-state index contributed by atoms with van der Waals surface area (Å²) >= 11 is 5.73. The van der Waals surface area contributed by atoms with E-state index >= 15 is 0 Å². The Bertz CT molecular complexity index is 516. The third kappa shape index (κ3) is 3.65. The van der Waals surface area contributed by atoms with Crippen LogP contribution < -0.4 is 4.72 Å². The molecular formula is C9H12ClN3O3S. The van der Waals surface area contributed by atoms with E-state index in [-0.39, 0.29) is 22.4 Å². The summed E-state index contributed by atoms with van der Waals surface area (Å²) in [7, 11) is -0.741. The zero-order chi connectivity index (χ0) is 13.1. The van der Waals surface area contributed by atoms with Crippen molar-refractivity contribution in [3.63, 3.8) is 0 Å². The Kier molecular flexibility index (Phi) is 4.44. The van der Waals surface area contributed by atoms with Crippen LogP contribution in [0.3, 0.4) is 0 Å². The molecule has 0 fully saturated rings. The average molecular weight is 278 g/mol. The van der Waals surface area contributed by atoms with Gasteiger partial charge in [-0.25, -0.2) is 13.1 Å². The van der Waals surface area contributed by atoms with E-state index in [0.717, 1.165) is 6.20 Å². The Morgan fingerprint density at radius 2 is 2.18 bits per heavy atom. The molecule has 17 heavy (non-hydrogen) atoms. The van der Waals surface area contributed by atoms with Gasteiger partial charge in [0.25, 0.3) is 0 Å².